The Labute approximate surface area is 139 Å². The topological polar surface area (TPSA) is 44.8 Å². The fourth-order valence-electron chi connectivity index (χ4n) is 2.90. The molecular formula is C18H29N3O2. The molecule has 1 heterocycles. The van der Waals surface area contributed by atoms with E-state index in [1.165, 1.54) is 0 Å². The van der Waals surface area contributed by atoms with Crippen molar-refractivity contribution >= 4 is 5.91 Å². The van der Waals surface area contributed by atoms with Gasteiger partial charge in [-0.1, -0.05) is 13.0 Å². The highest BCUT2D eigenvalue weighted by atomic mass is 16.5. The number of hydrogen-bond donors (Lipinski definition) is 1. The van der Waals surface area contributed by atoms with Crippen LogP contribution in [0.15, 0.2) is 18.2 Å². The van der Waals surface area contributed by atoms with Crippen molar-refractivity contribution in [3.63, 3.8) is 0 Å². The monoisotopic (exact) mass is 319 g/mol. The predicted molar refractivity (Wildman–Crippen MR) is 93.2 cm³/mol. The molecule has 1 fully saturated rings. The van der Waals surface area contributed by atoms with E-state index in [9.17, 15) is 4.79 Å². The minimum atomic E-state index is -0.0286. The Kier molecular flexibility index (Phi) is 6.86. The lowest BCUT2D eigenvalue weighted by atomic mass is 10.1. The standard InChI is InChI=1S/C18H29N3O2/c1-4-20-10-12-21(13-11-20)9-5-8-19-18(22)16-7-6-15(2)17(14-16)23-3/h6-7,14H,4-5,8-13H2,1-3H3,(H,19,22). The lowest BCUT2D eigenvalue weighted by Crippen LogP contribution is -2.46. The number of benzene rings is 1. The van der Waals surface area contributed by atoms with Gasteiger partial charge in [0.25, 0.3) is 5.91 Å². The molecule has 0 radical (unpaired) electrons. The summed E-state index contributed by atoms with van der Waals surface area (Å²) in [7, 11) is 1.63. The molecule has 0 aliphatic carbocycles. The maximum Gasteiger partial charge on any atom is 0.251 e. The van der Waals surface area contributed by atoms with Crippen molar-refractivity contribution in [2.24, 2.45) is 0 Å². The third kappa shape index (κ3) is 5.22. The van der Waals surface area contributed by atoms with Gasteiger partial charge in [0.2, 0.25) is 0 Å². The number of carbonyl (C=O) groups is 1. The van der Waals surface area contributed by atoms with E-state index in [2.05, 4.69) is 22.0 Å². The molecule has 0 atom stereocenters. The van der Waals surface area contributed by atoms with Crippen molar-refractivity contribution in [3.05, 3.63) is 29.3 Å². The van der Waals surface area contributed by atoms with Gasteiger partial charge >= 0.3 is 0 Å². The zero-order valence-electron chi connectivity index (χ0n) is 14.6. The van der Waals surface area contributed by atoms with Crippen LogP contribution in [0.4, 0.5) is 0 Å². The molecule has 1 aromatic rings. The number of rotatable bonds is 7. The molecule has 1 aliphatic heterocycles. The molecule has 2 rings (SSSR count). The number of nitrogens with one attached hydrogen (secondary N) is 1. The van der Waals surface area contributed by atoms with E-state index >= 15 is 0 Å². The summed E-state index contributed by atoms with van der Waals surface area (Å²) < 4.78 is 5.27. The molecule has 23 heavy (non-hydrogen) atoms. The average molecular weight is 319 g/mol. The van der Waals surface area contributed by atoms with Gasteiger partial charge in [-0.05, 0) is 44.1 Å². The molecule has 0 aromatic heterocycles. The highest BCUT2D eigenvalue weighted by molar-refractivity contribution is 5.94. The van der Waals surface area contributed by atoms with Crippen LogP contribution in [0.5, 0.6) is 5.75 Å². The average Bonchev–Trinajstić information content (AvgIpc) is 2.59. The third-order valence-electron chi connectivity index (χ3n) is 4.52. The van der Waals surface area contributed by atoms with Crippen molar-refractivity contribution in [1.29, 1.82) is 0 Å². The first-order valence-corrected chi connectivity index (χ1v) is 8.51. The molecule has 1 aliphatic rings. The third-order valence-corrected chi connectivity index (χ3v) is 4.52. The van der Waals surface area contributed by atoms with Crippen molar-refractivity contribution in [2.75, 3.05) is 52.9 Å². The molecule has 1 N–H and O–H groups in total. The maximum absolute atomic E-state index is 12.2. The van der Waals surface area contributed by atoms with E-state index in [1.54, 1.807) is 13.2 Å². The number of methoxy groups -OCH3 is 1. The second-order valence-electron chi connectivity index (χ2n) is 6.07. The number of ether oxygens (including phenoxy) is 1. The SMILES string of the molecule is CCN1CCN(CCCNC(=O)c2ccc(C)c(OC)c2)CC1. The van der Waals surface area contributed by atoms with E-state index in [0.29, 0.717) is 12.1 Å². The Morgan fingerprint density at radius 2 is 1.91 bits per heavy atom. The van der Waals surface area contributed by atoms with Crippen molar-refractivity contribution in [3.8, 4) is 5.75 Å². The molecule has 0 bridgehead atoms. The van der Waals surface area contributed by atoms with Crippen molar-refractivity contribution < 1.29 is 9.53 Å². The molecule has 1 aromatic carbocycles. The normalized spacial score (nSPS) is 16.3. The minimum absolute atomic E-state index is 0.0286. The van der Waals surface area contributed by atoms with Gasteiger partial charge in [-0.3, -0.25) is 4.79 Å². The molecule has 5 nitrogen and oxygen atoms in total. The molecule has 0 unspecified atom stereocenters. The first-order chi connectivity index (χ1) is 11.1. The van der Waals surface area contributed by atoms with Crippen LogP contribution in [0.25, 0.3) is 0 Å². The van der Waals surface area contributed by atoms with Crippen molar-refractivity contribution in [2.45, 2.75) is 20.3 Å². The van der Waals surface area contributed by atoms with Gasteiger partial charge in [-0.25, -0.2) is 0 Å². The maximum atomic E-state index is 12.2. The number of hydrogen-bond acceptors (Lipinski definition) is 4. The summed E-state index contributed by atoms with van der Waals surface area (Å²) in [4.78, 5) is 17.1. The largest absolute Gasteiger partial charge is 0.496 e. The lowest BCUT2D eigenvalue weighted by molar-refractivity contribution is 0.0948. The highest BCUT2D eigenvalue weighted by Crippen LogP contribution is 2.18. The number of aryl methyl sites for hydroxylation is 1. The minimum Gasteiger partial charge on any atom is -0.496 e. The Hall–Kier alpha value is -1.59. The van der Waals surface area contributed by atoms with E-state index < -0.39 is 0 Å². The first kappa shape index (κ1) is 17.8. The summed E-state index contributed by atoms with van der Waals surface area (Å²) in [5, 5.41) is 3.00. The molecule has 0 saturated carbocycles. The van der Waals surface area contributed by atoms with Crippen LogP contribution in [0, 0.1) is 6.92 Å². The molecule has 128 valence electrons. The number of carbonyl (C=O) groups excluding carboxylic acids is 1. The van der Waals surface area contributed by atoms with E-state index in [4.69, 9.17) is 4.74 Å². The van der Waals surface area contributed by atoms with Crippen LogP contribution < -0.4 is 10.1 Å². The second kappa shape index (κ2) is 8.89. The van der Waals surface area contributed by atoms with E-state index in [-0.39, 0.29) is 5.91 Å². The van der Waals surface area contributed by atoms with Gasteiger partial charge in [0.15, 0.2) is 0 Å². The fraction of sp³-hybridized carbons (Fsp3) is 0.611. The summed E-state index contributed by atoms with van der Waals surface area (Å²) in [6, 6.07) is 5.56. The van der Waals surface area contributed by atoms with Crippen molar-refractivity contribution in [1.82, 2.24) is 15.1 Å². The highest BCUT2D eigenvalue weighted by Gasteiger charge is 2.14. The number of nitrogens with zero attached hydrogens (tertiary/aromatic N) is 2. The fourth-order valence-corrected chi connectivity index (χ4v) is 2.90. The first-order valence-electron chi connectivity index (χ1n) is 8.51. The number of piperazine rings is 1. The smallest absolute Gasteiger partial charge is 0.251 e. The number of likely N-dealkylation sites (N-methyl/N-ethyl adjacent to an activating group) is 1. The number of amides is 1. The second-order valence-corrected chi connectivity index (χ2v) is 6.07. The molecule has 0 spiro atoms. The quantitative estimate of drug-likeness (QED) is 0.778. The zero-order chi connectivity index (χ0) is 16.7. The van der Waals surface area contributed by atoms with Gasteiger partial charge in [0.1, 0.15) is 5.75 Å². The molecular weight excluding hydrogens is 290 g/mol. The van der Waals surface area contributed by atoms with Crippen LogP contribution >= 0.6 is 0 Å². The summed E-state index contributed by atoms with van der Waals surface area (Å²) in [6.45, 7) is 11.7. The van der Waals surface area contributed by atoms with Crippen LogP contribution in [-0.4, -0.2) is 68.6 Å². The molecule has 1 saturated heterocycles. The molecule has 5 heteroatoms. The van der Waals surface area contributed by atoms with Gasteiger partial charge in [0.05, 0.1) is 7.11 Å². The summed E-state index contributed by atoms with van der Waals surface area (Å²) >= 11 is 0. The summed E-state index contributed by atoms with van der Waals surface area (Å²) in [5.41, 5.74) is 1.69. The Morgan fingerprint density at radius 3 is 2.57 bits per heavy atom. The predicted octanol–water partition coefficient (Wildman–Crippen LogP) is 1.76. The summed E-state index contributed by atoms with van der Waals surface area (Å²) in [5.74, 6) is 0.727. The van der Waals surface area contributed by atoms with Gasteiger partial charge in [-0.15, -0.1) is 0 Å². The zero-order valence-corrected chi connectivity index (χ0v) is 14.6. The van der Waals surface area contributed by atoms with Crippen LogP contribution in [0.1, 0.15) is 29.3 Å². The van der Waals surface area contributed by atoms with Crippen LogP contribution in [0.3, 0.4) is 0 Å². The van der Waals surface area contributed by atoms with Gasteiger partial charge < -0.3 is 19.9 Å². The van der Waals surface area contributed by atoms with Crippen LogP contribution in [0.2, 0.25) is 0 Å². The van der Waals surface area contributed by atoms with E-state index in [1.807, 2.05) is 19.1 Å². The van der Waals surface area contributed by atoms with Gasteiger partial charge in [0, 0.05) is 38.3 Å². The summed E-state index contributed by atoms with van der Waals surface area (Å²) in [6.07, 6.45) is 0.987. The lowest BCUT2D eigenvalue weighted by Gasteiger charge is -2.33. The van der Waals surface area contributed by atoms with E-state index in [0.717, 1.165) is 57.0 Å². The molecule has 1 amide bonds. The Morgan fingerprint density at radius 1 is 1.22 bits per heavy atom. The Balaban J connectivity index is 1.69. The van der Waals surface area contributed by atoms with Gasteiger partial charge in [-0.2, -0.15) is 0 Å². The Bertz CT molecular complexity index is 511. The van der Waals surface area contributed by atoms with Crippen LogP contribution in [-0.2, 0) is 0 Å².